The zero-order valence-corrected chi connectivity index (χ0v) is 16.6. The summed E-state index contributed by atoms with van der Waals surface area (Å²) in [6.07, 6.45) is 3.02. The van der Waals surface area contributed by atoms with Gasteiger partial charge in [0.2, 0.25) is 5.91 Å². The summed E-state index contributed by atoms with van der Waals surface area (Å²) in [4.78, 5) is 32.1. The molecule has 2 aliphatic heterocycles. The molecular weight excluding hydrogens is 368 g/mol. The van der Waals surface area contributed by atoms with Gasteiger partial charge in [-0.05, 0) is 23.6 Å². The molecule has 2 saturated heterocycles. The molecule has 2 amide bonds. The van der Waals surface area contributed by atoms with Crippen LogP contribution >= 0.6 is 0 Å². The van der Waals surface area contributed by atoms with Gasteiger partial charge in [-0.25, -0.2) is 0 Å². The molecule has 1 aromatic carbocycles. The van der Waals surface area contributed by atoms with Crippen LogP contribution < -0.4 is 5.32 Å². The average molecular weight is 396 g/mol. The SMILES string of the molecule is O=C(NC1CC(=O)N(CCN2CCOCC2)C1)c1cc(Cc2ccccc2)c[nH]1. The summed E-state index contributed by atoms with van der Waals surface area (Å²) in [5.74, 6) is -0.0445. The number of ether oxygens (including phenoxy) is 1. The Hall–Kier alpha value is -2.64. The third kappa shape index (κ3) is 5.25. The highest BCUT2D eigenvalue weighted by molar-refractivity contribution is 5.93. The van der Waals surface area contributed by atoms with Gasteiger partial charge in [0.05, 0.1) is 19.3 Å². The number of morpholine rings is 1. The number of nitrogens with zero attached hydrogens (tertiary/aromatic N) is 2. The van der Waals surface area contributed by atoms with Crippen LogP contribution in [-0.4, -0.2) is 78.6 Å². The number of hydrogen-bond donors (Lipinski definition) is 2. The van der Waals surface area contributed by atoms with Crippen LogP contribution in [0.3, 0.4) is 0 Å². The maximum Gasteiger partial charge on any atom is 0.267 e. The molecule has 7 heteroatoms. The van der Waals surface area contributed by atoms with Crippen molar-refractivity contribution < 1.29 is 14.3 Å². The number of aromatic amines is 1. The predicted molar refractivity (Wildman–Crippen MR) is 110 cm³/mol. The summed E-state index contributed by atoms with van der Waals surface area (Å²) >= 11 is 0. The van der Waals surface area contributed by atoms with E-state index in [1.54, 1.807) is 0 Å². The molecule has 29 heavy (non-hydrogen) atoms. The fourth-order valence-corrected chi connectivity index (χ4v) is 3.94. The van der Waals surface area contributed by atoms with E-state index in [2.05, 4.69) is 27.3 Å². The smallest absolute Gasteiger partial charge is 0.267 e. The minimum Gasteiger partial charge on any atom is -0.379 e. The Morgan fingerprint density at radius 3 is 2.72 bits per heavy atom. The minimum atomic E-state index is -0.155. The quantitative estimate of drug-likeness (QED) is 0.739. The molecule has 0 radical (unpaired) electrons. The molecule has 0 bridgehead atoms. The Morgan fingerprint density at radius 2 is 1.93 bits per heavy atom. The van der Waals surface area contributed by atoms with Crippen molar-refractivity contribution >= 4 is 11.8 Å². The van der Waals surface area contributed by atoms with Gasteiger partial charge in [0.25, 0.3) is 5.91 Å². The van der Waals surface area contributed by atoms with Crippen LogP contribution in [0.5, 0.6) is 0 Å². The first-order valence-electron chi connectivity index (χ1n) is 10.3. The van der Waals surface area contributed by atoms with E-state index in [0.717, 1.165) is 44.8 Å². The number of benzene rings is 1. The van der Waals surface area contributed by atoms with Gasteiger partial charge in [-0.2, -0.15) is 0 Å². The average Bonchev–Trinajstić information content (AvgIpc) is 3.34. The third-order valence-electron chi connectivity index (χ3n) is 5.58. The van der Waals surface area contributed by atoms with E-state index in [-0.39, 0.29) is 17.9 Å². The van der Waals surface area contributed by atoms with Crippen LogP contribution in [0.2, 0.25) is 0 Å². The van der Waals surface area contributed by atoms with Gasteiger partial charge in [0, 0.05) is 45.3 Å². The topological polar surface area (TPSA) is 77.7 Å². The molecule has 1 aromatic heterocycles. The zero-order valence-electron chi connectivity index (χ0n) is 16.6. The maximum absolute atomic E-state index is 12.6. The number of H-pyrrole nitrogens is 1. The largest absolute Gasteiger partial charge is 0.379 e. The molecule has 3 heterocycles. The van der Waals surface area contributed by atoms with Gasteiger partial charge in [-0.1, -0.05) is 30.3 Å². The van der Waals surface area contributed by atoms with Crippen LogP contribution in [0.4, 0.5) is 0 Å². The predicted octanol–water partition coefficient (Wildman–Crippen LogP) is 1.27. The molecule has 2 N–H and O–H groups in total. The van der Waals surface area contributed by atoms with Gasteiger partial charge in [-0.3, -0.25) is 14.5 Å². The normalized spacial score (nSPS) is 20.2. The first-order valence-corrected chi connectivity index (χ1v) is 10.3. The first kappa shape index (κ1) is 19.7. The van der Waals surface area contributed by atoms with Gasteiger partial charge in [0.1, 0.15) is 5.69 Å². The molecule has 2 fully saturated rings. The Labute approximate surface area is 171 Å². The van der Waals surface area contributed by atoms with Gasteiger partial charge >= 0.3 is 0 Å². The van der Waals surface area contributed by atoms with Crippen molar-refractivity contribution in [3.05, 3.63) is 59.4 Å². The van der Waals surface area contributed by atoms with Crippen molar-refractivity contribution in [2.24, 2.45) is 0 Å². The highest BCUT2D eigenvalue weighted by Crippen LogP contribution is 2.14. The van der Waals surface area contributed by atoms with E-state index in [4.69, 9.17) is 4.74 Å². The second kappa shape index (κ2) is 9.24. The van der Waals surface area contributed by atoms with E-state index in [1.807, 2.05) is 35.4 Å². The summed E-state index contributed by atoms with van der Waals surface area (Å²) in [6, 6.07) is 11.9. The monoisotopic (exact) mass is 396 g/mol. The number of carbonyl (C=O) groups excluding carboxylic acids is 2. The maximum atomic E-state index is 12.6. The molecule has 0 spiro atoms. The molecule has 0 saturated carbocycles. The summed E-state index contributed by atoms with van der Waals surface area (Å²) in [7, 11) is 0. The van der Waals surface area contributed by atoms with Crippen LogP contribution in [0.15, 0.2) is 42.6 Å². The van der Waals surface area contributed by atoms with E-state index < -0.39 is 0 Å². The zero-order chi connectivity index (χ0) is 20.1. The van der Waals surface area contributed by atoms with E-state index in [1.165, 1.54) is 5.56 Å². The lowest BCUT2D eigenvalue weighted by atomic mass is 10.1. The van der Waals surface area contributed by atoms with Gasteiger partial charge in [0.15, 0.2) is 0 Å². The standard InChI is InChI=1S/C22H28N4O3/c27-21-14-19(16-26(21)7-6-25-8-10-29-11-9-25)24-22(28)20-13-18(15-23-20)12-17-4-2-1-3-5-17/h1-5,13,15,19,23H,6-12,14,16H2,(H,24,28). The fraction of sp³-hybridized carbons (Fsp3) is 0.455. The summed E-state index contributed by atoms with van der Waals surface area (Å²) < 4.78 is 5.36. The number of amides is 2. The molecule has 1 atom stereocenters. The van der Waals surface area contributed by atoms with Gasteiger partial charge < -0.3 is 19.9 Å². The number of carbonyl (C=O) groups is 2. The minimum absolute atomic E-state index is 0.111. The fourth-order valence-electron chi connectivity index (χ4n) is 3.94. The van der Waals surface area contributed by atoms with Crippen LogP contribution in [0.25, 0.3) is 0 Å². The molecular formula is C22H28N4O3. The van der Waals surface area contributed by atoms with Crippen LogP contribution in [0.1, 0.15) is 28.0 Å². The number of nitrogens with one attached hydrogen (secondary N) is 2. The highest BCUT2D eigenvalue weighted by atomic mass is 16.5. The molecule has 7 nitrogen and oxygen atoms in total. The third-order valence-corrected chi connectivity index (χ3v) is 5.58. The lowest BCUT2D eigenvalue weighted by molar-refractivity contribution is -0.128. The van der Waals surface area contributed by atoms with E-state index >= 15 is 0 Å². The van der Waals surface area contributed by atoms with Crippen molar-refractivity contribution in [1.82, 2.24) is 20.1 Å². The van der Waals surface area contributed by atoms with Gasteiger partial charge in [-0.15, -0.1) is 0 Å². The van der Waals surface area contributed by atoms with Crippen molar-refractivity contribution in [2.75, 3.05) is 45.9 Å². The van der Waals surface area contributed by atoms with Crippen molar-refractivity contribution in [1.29, 1.82) is 0 Å². The molecule has 4 rings (SSSR count). The highest BCUT2D eigenvalue weighted by Gasteiger charge is 2.31. The number of aromatic nitrogens is 1. The summed E-state index contributed by atoms with van der Waals surface area (Å²) in [6.45, 7) is 5.49. The number of likely N-dealkylation sites (tertiary alicyclic amines) is 1. The second-order valence-electron chi connectivity index (χ2n) is 7.75. The molecule has 1 unspecified atom stereocenters. The molecule has 2 aromatic rings. The van der Waals surface area contributed by atoms with E-state index in [0.29, 0.717) is 25.2 Å². The summed E-state index contributed by atoms with van der Waals surface area (Å²) in [5, 5.41) is 3.00. The number of rotatable bonds is 7. The molecule has 0 aliphatic carbocycles. The second-order valence-corrected chi connectivity index (χ2v) is 7.75. The Bertz CT molecular complexity index is 830. The van der Waals surface area contributed by atoms with Crippen molar-refractivity contribution in [2.45, 2.75) is 18.9 Å². The Kier molecular flexibility index (Phi) is 6.27. The lowest BCUT2D eigenvalue weighted by Gasteiger charge is -2.28. The van der Waals surface area contributed by atoms with Crippen molar-refractivity contribution in [3.63, 3.8) is 0 Å². The molecule has 154 valence electrons. The summed E-state index contributed by atoms with van der Waals surface area (Å²) in [5.41, 5.74) is 2.81. The van der Waals surface area contributed by atoms with Crippen LogP contribution in [-0.2, 0) is 16.0 Å². The number of hydrogen-bond acceptors (Lipinski definition) is 4. The van der Waals surface area contributed by atoms with Crippen molar-refractivity contribution in [3.8, 4) is 0 Å². The Balaban J connectivity index is 1.26. The molecule has 2 aliphatic rings. The van der Waals surface area contributed by atoms with Crippen LogP contribution in [0, 0.1) is 0 Å². The lowest BCUT2D eigenvalue weighted by Crippen LogP contribution is -2.42. The van der Waals surface area contributed by atoms with E-state index in [9.17, 15) is 9.59 Å². The Morgan fingerprint density at radius 1 is 1.14 bits per heavy atom. The first-order chi connectivity index (χ1) is 14.2.